The van der Waals surface area contributed by atoms with Crippen molar-refractivity contribution in [3.05, 3.63) is 107 Å². The minimum atomic E-state index is -4.34. The number of hydrogen-bond acceptors (Lipinski definition) is 1. The number of hydrogen-bond donors (Lipinski definition) is 0. The molecule has 1 saturated carbocycles. The maximum absolute atomic E-state index is 14.1. The van der Waals surface area contributed by atoms with Crippen LogP contribution in [0.2, 0.25) is 0 Å². The molecule has 1 aliphatic rings. The molecule has 0 unspecified atom stereocenters. The Hall–Kier alpha value is -3.34. The van der Waals surface area contributed by atoms with Gasteiger partial charge in [-0.05, 0) is 71.9 Å². The molecule has 0 aliphatic heterocycles. The van der Waals surface area contributed by atoms with E-state index in [0.717, 1.165) is 41.7 Å². The van der Waals surface area contributed by atoms with Gasteiger partial charge in [-0.15, -0.1) is 0 Å². The summed E-state index contributed by atoms with van der Waals surface area (Å²) in [4.78, 5) is 0. The maximum atomic E-state index is 14.1. The molecule has 0 saturated heterocycles. The van der Waals surface area contributed by atoms with Gasteiger partial charge in [0.1, 0.15) is 5.75 Å². The Morgan fingerprint density at radius 3 is 2.26 bits per heavy atom. The van der Waals surface area contributed by atoms with Gasteiger partial charge in [0.15, 0.2) is 11.6 Å². The second kappa shape index (κ2) is 8.80. The fourth-order valence-corrected chi connectivity index (χ4v) is 3.29. The first-order valence-electron chi connectivity index (χ1n) is 9.98. The van der Waals surface area contributed by atoms with E-state index in [4.69, 9.17) is 4.74 Å². The first-order valence-corrected chi connectivity index (χ1v) is 9.98. The summed E-state index contributed by atoms with van der Waals surface area (Å²) >= 11 is 0. The molecule has 0 amide bonds. The largest absolute Gasteiger partial charge is 0.454 e. The Balaban J connectivity index is 1.53. The van der Waals surface area contributed by atoms with Gasteiger partial charge in [-0.3, -0.25) is 0 Å². The van der Waals surface area contributed by atoms with Gasteiger partial charge in [0.05, 0.1) is 5.56 Å². The van der Waals surface area contributed by atoms with Crippen LogP contribution in [0, 0.1) is 11.7 Å². The highest BCUT2D eigenvalue weighted by atomic mass is 19.4. The summed E-state index contributed by atoms with van der Waals surface area (Å²) in [5, 5.41) is 0. The Morgan fingerprint density at radius 1 is 0.903 bits per heavy atom. The van der Waals surface area contributed by atoms with E-state index < -0.39 is 17.6 Å². The Bertz CT molecular complexity index is 1090. The van der Waals surface area contributed by atoms with Gasteiger partial charge in [-0.2, -0.15) is 13.2 Å². The van der Waals surface area contributed by atoms with Gasteiger partial charge < -0.3 is 4.74 Å². The average Bonchev–Trinajstić information content (AvgIpc) is 3.59. The quantitative estimate of drug-likeness (QED) is 0.287. The first-order chi connectivity index (χ1) is 14.9. The van der Waals surface area contributed by atoms with E-state index in [9.17, 15) is 17.6 Å². The van der Waals surface area contributed by atoms with Crippen molar-refractivity contribution in [2.24, 2.45) is 5.92 Å². The zero-order valence-electron chi connectivity index (χ0n) is 16.6. The normalized spacial score (nSPS) is 14.8. The molecule has 0 spiro atoms. The van der Waals surface area contributed by atoms with E-state index in [1.807, 2.05) is 36.4 Å². The molecule has 0 atom stereocenters. The van der Waals surface area contributed by atoms with Gasteiger partial charge in [0.25, 0.3) is 0 Å². The number of alkyl halides is 3. The molecule has 1 fully saturated rings. The minimum Gasteiger partial charge on any atom is -0.454 e. The number of para-hydroxylation sites is 1. The van der Waals surface area contributed by atoms with Crippen molar-refractivity contribution >= 4 is 11.6 Å². The second-order valence-electron chi connectivity index (χ2n) is 7.44. The van der Waals surface area contributed by atoms with Crippen LogP contribution in [0.25, 0.3) is 11.6 Å². The van der Waals surface area contributed by atoms with E-state index in [1.54, 1.807) is 24.3 Å². The molecule has 1 nitrogen and oxygen atoms in total. The molecular formula is C26H20F4O. The highest BCUT2D eigenvalue weighted by molar-refractivity contribution is 5.72. The summed E-state index contributed by atoms with van der Waals surface area (Å²) in [6.45, 7) is 0. The third-order valence-electron chi connectivity index (χ3n) is 5.05. The van der Waals surface area contributed by atoms with Crippen LogP contribution in [0.4, 0.5) is 17.6 Å². The molecule has 3 aromatic carbocycles. The number of benzene rings is 3. The van der Waals surface area contributed by atoms with Crippen molar-refractivity contribution in [3.8, 4) is 11.5 Å². The first kappa shape index (κ1) is 20.9. The molecule has 4 rings (SSSR count). The monoisotopic (exact) mass is 424 g/mol. The van der Waals surface area contributed by atoms with Gasteiger partial charge in [-0.25, -0.2) is 4.39 Å². The van der Waals surface area contributed by atoms with Gasteiger partial charge >= 0.3 is 6.18 Å². The fourth-order valence-electron chi connectivity index (χ4n) is 3.29. The molecule has 1 aliphatic carbocycles. The molecule has 31 heavy (non-hydrogen) atoms. The Kier molecular flexibility index (Phi) is 5.94. The van der Waals surface area contributed by atoms with E-state index in [-0.39, 0.29) is 5.75 Å². The van der Waals surface area contributed by atoms with E-state index in [0.29, 0.717) is 11.7 Å². The van der Waals surface area contributed by atoms with E-state index >= 15 is 0 Å². The van der Waals surface area contributed by atoms with Gasteiger partial charge in [0.2, 0.25) is 0 Å². The molecule has 0 radical (unpaired) electrons. The van der Waals surface area contributed by atoms with E-state index in [2.05, 4.69) is 0 Å². The van der Waals surface area contributed by atoms with Crippen LogP contribution in [0.3, 0.4) is 0 Å². The lowest BCUT2D eigenvalue weighted by molar-refractivity contribution is -0.137. The Labute approximate surface area is 178 Å². The van der Waals surface area contributed by atoms with Gasteiger partial charge in [-0.1, -0.05) is 54.6 Å². The van der Waals surface area contributed by atoms with Crippen LogP contribution >= 0.6 is 0 Å². The molecule has 0 heterocycles. The maximum Gasteiger partial charge on any atom is 0.416 e. The van der Waals surface area contributed by atoms with Crippen molar-refractivity contribution in [2.45, 2.75) is 19.0 Å². The van der Waals surface area contributed by atoms with Crippen molar-refractivity contribution in [1.29, 1.82) is 0 Å². The number of rotatable bonds is 6. The zero-order chi connectivity index (χ0) is 21.8. The standard InChI is InChI=1S/C26H20F4O/c27-24-16-9-18(17-25(24)31-22-6-2-1-3-7-22)5-4-8-23(19-10-11-19)20-12-14-21(15-13-20)26(28,29)30/h1-9,12-17,19H,10-11H2/b5-4-,23-8-. The summed E-state index contributed by atoms with van der Waals surface area (Å²) in [5.74, 6) is 0.565. The third kappa shape index (κ3) is 5.43. The molecule has 0 aromatic heterocycles. The van der Waals surface area contributed by atoms with Crippen LogP contribution in [0.1, 0.15) is 29.5 Å². The number of allylic oxidation sites excluding steroid dienone is 3. The van der Waals surface area contributed by atoms with Crippen molar-refractivity contribution in [1.82, 2.24) is 0 Å². The minimum absolute atomic E-state index is 0.127. The predicted octanol–water partition coefficient (Wildman–Crippen LogP) is 8.14. The lowest BCUT2D eigenvalue weighted by Crippen LogP contribution is -2.04. The van der Waals surface area contributed by atoms with Crippen LogP contribution in [-0.2, 0) is 6.18 Å². The molecule has 158 valence electrons. The molecule has 5 heteroatoms. The molecule has 0 N–H and O–H groups in total. The van der Waals surface area contributed by atoms with Crippen LogP contribution in [-0.4, -0.2) is 0 Å². The van der Waals surface area contributed by atoms with Crippen molar-refractivity contribution in [3.63, 3.8) is 0 Å². The molecule has 3 aromatic rings. The number of ether oxygens (including phenoxy) is 1. The summed E-state index contributed by atoms with van der Waals surface area (Å²) in [5.41, 5.74) is 1.89. The smallest absolute Gasteiger partial charge is 0.416 e. The molecule has 0 bridgehead atoms. The van der Waals surface area contributed by atoms with Crippen LogP contribution in [0.5, 0.6) is 11.5 Å². The average molecular weight is 424 g/mol. The fraction of sp³-hybridized carbons (Fsp3) is 0.154. The SMILES string of the molecule is Fc1ccc(/C=C\C=C(/c2ccc(C(F)(F)F)cc2)C2CC2)cc1Oc1ccccc1. The third-order valence-corrected chi connectivity index (χ3v) is 5.05. The van der Waals surface area contributed by atoms with E-state index in [1.165, 1.54) is 18.2 Å². The predicted molar refractivity (Wildman–Crippen MR) is 114 cm³/mol. The van der Waals surface area contributed by atoms with Crippen molar-refractivity contribution < 1.29 is 22.3 Å². The summed E-state index contributed by atoms with van der Waals surface area (Å²) in [7, 11) is 0. The summed E-state index contributed by atoms with van der Waals surface area (Å²) in [6, 6.07) is 18.8. The summed E-state index contributed by atoms with van der Waals surface area (Å²) in [6.07, 6.45) is 3.28. The highest BCUT2D eigenvalue weighted by Gasteiger charge is 2.31. The van der Waals surface area contributed by atoms with Gasteiger partial charge in [0, 0.05) is 0 Å². The van der Waals surface area contributed by atoms with Crippen LogP contribution in [0.15, 0.2) is 84.9 Å². The topological polar surface area (TPSA) is 9.23 Å². The highest BCUT2D eigenvalue weighted by Crippen LogP contribution is 2.42. The van der Waals surface area contributed by atoms with Crippen LogP contribution < -0.4 is 4.74 Å². The summed E-state index contributed by atoms with van der Waals surface area (Å²) < 4.78 is 58.2. The lowest BCUT2D eigenvalue weighted by atomic mass is 9.99. The zero-order valence-corrected chi connectivity index (χ0v) is 16.6. The van der Waals surface area contributed by atoms with Crippen molar-refractivity contribution in [2.75, 3.05) is 0 Å². The Morgan fingerprint density at radius 2 is 1.61 bits per heavy atom. The second-order valence-corrected chi connectivity index (χ2v) is 7.44. The lowest BCUT2D eigenvalue weighted by Gasteiger charge is -2.09. The number of halogens is 4. The molecular weight excluding hydrogens is 404 g/mol.